The van der Waals surface area contributed by atoms with Gasteiger partial charge < -0.3 is 4.57 Å². The van der Waals surface area contributed by atoms with E-state index in [4.69, 9.17) is 9.97 Å². The molecule has 0 unspecified atom stereocenters. The van der Waals surface area contributed by atoms with Crippen molar-refractivity contribution in [2.24, 2.45) is 0 Å². The summed E-state index contributed by atoms with van der Waals surface area (Å²) in [6.45, 7) is 2.12. The van der Waals surface area contributed by atoms with E-state index in [9.17, 15) is 0 Å². The van der Waals surface area contributed by atoms with Crippen molar-refractivity contribution in [2.45, 2.75) is 6.92 Å². The zero-order chi connectivity index (χ0) is 29.9. The van der Waals surface area contributed by atoms with Crippen molar-refractivity contribution in [1.82, 2.24) is 14.5 Å². The average Bonchev–Trinajstić information content (AvgIpc) is 3.64. The number of hydrogen-bond acceptors (Lipinski definition) is 3. The van der Waals surface area contributed by atoms with Gasteiger partial charge in [-0.2, -0.15) is 0 Å². The van der Waals surface area contributed by atoms with Crippen LogP contribution in [0, 0.1) is 6.92 Å². The number of hydrogen-bond donors (Lipinski definition) is 0. The van der Waals surface area contributed by atoms with Gasteiger partial charge in [-0.25, -0.2) is 9.97 Å². The summed E-state index contributed by atoms with van der Waals surface area (Å²) in [5.41, 5.74) is 11.3. The van der Waals surface area contributed by atoms with E-state index in [2.05, 4.69) is 139 Å². The molecule has 0 bridgehead atoms. The maximum atomic E-state index is 5.14. The Hall–Kier alpha value is -5.58. The molecule has 0 amide bonds. The minimum absolute atomic E-state index is 0.751. The zero-order valence-electron chi connectivity index (χ0n) is 24.6. The number of aryl methyl sites for hydroxylation is 1. The lowest BCUT2D eigenvalue weighted by Crippen LogP contribution is -1.94. The first-order chi connectivity index (χ1) is 22.2. The highest BCUT2D eigenvalue weighted by molar-refractivity contribution is 7.26. The number of para-hydroxylation sites is 2. The standard InChI is InChI=1S/C41H27N3S/c1-26-18-20-27(21-19-26)38-40-39(43-41(42-38)28-10-3-2-4-11-28)34-23-22-30(25-37(34)45-40)29-12-9-13-31(24-29)44-35-16-7-5-14-32(35)33-15-6-8-17-36(33)44/h2-25H,1H3. The summed E-state index contributed by atoms with van der Waals surface area (Å²) < 4.78 is 4.70. The molecule has 4 heteroatoms. The van der Waals surface area contributed by atoms with Crippen LogP contribution in [0.2, 0.25) is 0 Å². The number of fused-ring (bicyclic) bond motifs is 6. The lowest BCUT2D eigenvalue weighted by Gasteiger charge is -2.10. The van der Waals surface area contributed by atoms with Crippen LogP contribution in [0.5, 0.6) is 0 Å². The van der Waals surface area contributed by atoms with Crippen LogP contribution in [-0.4, -0.2) is 14.5 Å². The Morgan fingerprint density at radius 1 is 0.511 bits per heavy atom. The molecular formula is C41H27N3S. The minimum Gasteiger partial charge on any atom is -0.309 e. The van der Waals surface area contributed by atoms with Gasteiger partial charge in [0.05, 0.1) is 26.9 Å². The molecule has 0 aliphatic rings. The average molecular weight is 594 g/mol. The van der Waals surface area contributed by atoms with Crippen LogP contribution in [0.1, 0.15) is 5.56 Å². The van der Waals surface area contributed by atoms with Gasteiger partial charge in [0.15, 0.2) is 5.82 Å². The summed E-state index contributed by atoms with van der Waals surface area (Å²) in [5.74, 6) is 0.751. The Labute approximate surface area is 264 Å². The molecule has 45 heavy (non-hydrogen) atoms. The maximum absolute atomic E-state index is 5.14. The number of thiophene rings is 1. The Morgan fingerprint density at radius 3 is 1.91 bits per heavy atom. The molecule has 9 rings (SSSR count). The smallest absolute Gasteiger partial charge is 0.160 e. The molecular weight excluding hydrogens is 567 g/mol. The lowest BCUT2D eigenvalue weighted by molar-refractivity contribution is 1.18. The molecule has 0 aliphatic carbocycles. The normalized spacial score (nSPS) is 11.7. The third-order valence-corrected chi connectivity index (χ3v) is 9.84. The first-order valence-electron chi connectivity index (χ1n) is 15.2. The molecule has 3 aromatic heterocycles. The largest absolute Gasteiger partial charge is 0.309 e. The molecule has 0 radical (unpaired) electrons. The van der Waals surface area contributed by atoms with E-state index in [0.29, 0.717) is 0 Å². The number of aromatic nitrogens is 3. The van der Waals surface area contributed by atoms with Gasteiger partial charge in [-0.05, 0) is 48.4 Å². The van der Waals surface area contributed by atoms with Crippen LogP contribution in [0.25, 0.3) is 81.6 Å². The first kappa shape index (κ1) is 25.9. The third-order valence-electron chi connectivity index (χ3n) is 8.69. The van der Waals surface area contributed by atoms with Crippen LogP contribution in [0.3, 0.4) is 0 Å². The van der Waals surface area contributed by atoms with E-state index in [1.165, 1.54) is 43.2 Å². The van der Waals surface area contributed by atoms with Crippen LogP contribution in [0.4, 0.5) is 0 Å². The van der Waals surface area contributed by atoms with E-state index < -0.39 is 0 Å². The summed E-state index contributed by atoms with van der Waals surface area (Å²) in [7, 11) is 0. The zero-order valence-corrected chi connectivity index (χ0v) is 25.4. The Balaban J connectivity index is 1.22. The third kappa shape index (κ3) is 4.26. The number of benzene rings is 6. The quantitative estimate of drug-likeness (QED) is 0.203. The number of rotatable bonds is 4. The topological polar surface area (TPSA) is 30.7 Å². The van der Waals surface area contributed by atoms with Crippen LogP contribution in [-0.2, 0) is 0 Å². The van der Waals surface area contributed by atoms with E-state index in [-0.39, 0.29) is 0 Å². The highest BCUT2D eigenvalue weighted by Crippen LogP contribution is 2.41. The van der Waals surface area contributed by atoms with Gasteiger partial charge in [0.1, 0.15) is 0 Å². The first-order valence-corrected chi connectivity index (χ1v) is 16.0. The fourth-order valence-corrected chi connectivity index (χ4v) is 7.66. The summed E-state index contributed by atoms with van der Waals surface area (Å²) in [6.07, 6.45) is 0. The van der Waals surface area contributed by atoms with Gasteiger partial charge in [0.2, 0.25) is 0 Å². The van der Waals surface area contributed by atoms with Gasteiger partial charge in [-0.1, -0.05) is 121 Å². The minimum atomic E-state index is 0.751. The van der Waals surface area contributed by atoms with Gasteiger partial charge in [0.25, 0.3) is 0 Å². The van der Waals surface area contributed by atoms with Crippen molar-refractivity contribution < 1.29 is 0 Å². The van der Waals surface area contributed by atoms with E-state index in [1.807, 2.05) is 18.2 Å². The molecule has 0 saturated heterocycles. The SMILES string of the molecule is Cc1ccc(-c2nc(-c3ccccc3)nc3c2sc2cc(-c4cccc(-n5c6ccccc6c6ccccc65)c4)ccc23)cc1. The van der Waals surface area contributed by atoms with Gasteiger partial charge in [0, 0.05) is 37.7 Å². The van der Waals surface area contributed by atoms with Gasteiger partial charge >= 0.3 is 0 Å². The fraction of sp³-hybridized carbons (Fsp3) is 0.0244. The lowest BCUT2D eigenvalue weighted by atomic mass is 10.0. The molecule has 9 aromatic rings. The van der Waals surface area contributed by atoms with E-state index in [0.717, 1.165) is 43.9 Å². The molecule has 0 N–H and O–H groups in total. The van der Waals surface area contributed by atoms with Crippen molar-refractivity contribution in [2.75, 3.05) is 0 Å². The van der Waals surface area contributed by atoms with Crippen LogP contribution in [0.15, 0.2) is 146 Å². The molecule has 0 saturated carbocycles. The second-order valence-corrected chi connectivity index (χ2v) is 12.6. The Morgan fingerprint density at radius 2 is 1.16 bits per heavy atom. The Bertz CT molecular complexity index is 2490. The van der Waals surface area contributed by atoms with Gasteiger partial charge in [-0.3, -0.25) is 0 Å². The van der Waals surface area contributed by atoms with Crippen molar-refractivity contribution in [3.63, 3.8) is 0 Å². The van der Waals surface area contributed by atoms with Crippen LogP contribution < -0.4 is 0 Å². The van der Waals surface area contributed by atoms with Gasteiger partial charge in [-0.15, -0.1) is 11.3 Å². The molecule has 3 nitrogen and oxygen atoms in total. The van der Waals surface area contributed by atoms with Crippen molar-refractivity contribution in [1.29, 1.82) is 0 Å². The van der Waals surface area contributed by atoms with E-state index >= 15 is 0 Å². The summed E-state index contributed by atoms with van der Waals surface area (Å²) >= 11 is 1.78. The summed E-state index contributed by atoms with van der Waals surface area (Å²) in [6, 6.07) is 51.9. The van der Waals surface area contributed by atoms with Crippen molar-refractivity contribution >= 4 is 53.4 Å². The predicted octanol–water partition coefficient (Wildman–Crippen LogP) is 11.3. The summed E-state index contributed by atoms with van der Waals surface area (Å²) in [5, 5.41) is 3.70. The predicted molar refractivity (Wildman–Crippen MR) is 190 cm³/mol. The molecule has 6 aromatic carbocycles. The van der Waals surface area contributed by atoms with E-state index in [1.54, 1.807) is 11.3 Å². The van der Waals surface area contributed by atoms with Crippen molar-refractivity contribution in [3.05, 3.63) is 151 Å². The number of nitrogens with zero attached hydrogens (tertiary/aromatic N) is 3. The Kier molecular flexibility index (Phi) is 5.90. The molecule has 212 valence electrons. The maximum Gasteiger partial charge on any atom is 0.160 e. The monoisotopic (exact) mass is 593 g/mol. The molecule has 0 aliphatic heterocycles. The molecule has 0 spiro atoms. The molecule has 0 fully saturated rings. The molecule has 0 atom stereocenters. The van der Waals surface area contributed by atoms with Crippen molar-refractivity contribution in [3.8, 4) is 39.5 Å². The highest BCUT2D eigenvalue weighted by atomic mass is 32.1. The van der Waals surface area contributed by atoms with Crippen LogP contribution >= 0.6 is 11.3 Å². The highest BCUT2D eigenvalue weighted by Gasteiger charge is 2.18. The summed E-state index contributed by atoms with van der Waals surface area (Å²) in [4.78, 5) is 10.3. The molecule has 3 heterocycles. The fourth-order valence-electron chi connectivity index (χ4n) is 6.47. The second-order valence-electron chi connectivity index (χ2n) is 11.5. The second kappa shape index (κ2) is 10.3.